The Balaban J connectivity index is 2.40. The standard InChI is InChI=1S/C7H8O2/c8-7(9)5-4-6-2-1-3-6/h2,4-5H,1,3H2,(H,8,9). The summed E-state index contributed by atoms with van der Waals surface area (Å²) in [5.41, 5.74) is 1.14. The van der Waals surface area contributed by atoms with Crippen LogP contribution < -0.4 is 0 Å². The fourth-order valence-electron chi connectivity index (χ4n) is 0.641. The first-order valence-corrected chi connectivity index (χ1v) is 2.89. The molecule has 2 heteroatoms. The van der Waals surface area contributed by atoms with Gasteiger partial charge in [-0.3, -0.25) is 0 Å². The van der Waals surface area contributed by atoms with Crippen LogP contribution in [0, 0.1) is 0 Å². The molecule has 0 aliphatic heterocycles. The average molecular weight is 124 g/mol. The highest BCUT2D eigenvalue weighted by molar-refractivity contribution is 5.80. The molecule has 0 aromatic rings. The van der Waals surface area contributed by atoms with E-state index in [2.05, 4.69) is 0 Å². The predicted octanol–water partition coefficient (Wildman–Crippen LogP) is 1.35. The minimum atomic E-state index is -0.872. The zero-order chi connectivity index (χ0) is 6.69. The van der Waals surface area contributed by atoms with Gasteiger partial charge in [0.2, 0.25) is 0 Å². The Hall–Kier alpha value is -1.05. The molecule has 0 aromatic carbocycles. The molecule has 0 saturated carbocycles. The summed E-state index contributed by atoms with van der Waals surface area (Å²) in [6, 6.07) is 0. The lowest BCUT2D eigenvalue weighted by atomic mass is 9.99. The second-order valence-corrected chi connectivity index (χ2v) is 1.99. The van der Waals surface area contributed by atoms with Gasteiger partial charge in [-0.15, -0.1) is 0 Å². The maximum atomic E-state index is 9.93. The van der Waals surface area contributed by atoms with Gasteiger partial charge in [0.15, 0.2) is 0 Å². The van der Waals surface area contributed by atoms with Crippen LogP contribution in [-0.2, 0) is 4.79 Å². The maximum Gasteiger partial charge on any atom is 0.328 e. The summed E-state index contributed by atoms with van der Waals surface area (Å²) >= 11 is 0. The third kappa shape index (κ3) is 1.72. The molecular weight excluding hydrogens is 116 g/mol. The Morgan fingerprint density at radius 1 is 1.78 bits per heavy atom. The number of hydrogen-bond acceptors (Lipinski definition) is 1. The molecule has 1 rings (SSSR count). The minimum absolute atomic E-state index is 0.872. The van der Waals surface area contributed by atoms with Crippen molar-refractivity contribution in [2.45, 2.75) is 12.8 Å². The molecule has 0 amide bonds. The molecule has 0 heterocycles. The molecule has 0 atom stereocenters. The van der Waals surface area contributed by atoms with Crippen LogP contribution in [0.5, 0.6) is 0 Å². The van der Waals surface area contributed by atoms with Crippen molar-refractivity contribution in [1.82, 2.24) is 0 Å². The molecular formula is C7H8O2. The van der Waals surface area contributed by atoms with Crippen LogP contribution in [-0.4, -0.2) is 11.1 Å². The fourth-order valence-corrected chi connectivity index (χ4v) is 0.641. The van der Waals surface area contributed by atoms with Crippen molar-refractivity contribution in [2.24, 2.45) is 0 Å². The van der Waals surface area contributed by atoms with E-state index >= 15 is 0 Å². The van der Waals surface area contributed by atoms with Crippen molar-refractivity contribution in [3.8, 4) is 0 Å². The summed E-state index contributed by atoms with van der Waals surface area (Å²) in [5, 5.41) is 8.17. The number of aliphatic carboxylic acids is 1. The largest absolute Gasteiger partial charge is 0.478 e. The Morgan fingerprint density at radius 3 is 2.78 bits per heavy atom. The maximum absolute atomic E-state index is 9.93. The lowest BCUT2D eigenvalue weighted by Gasteiger charge is -2.07. The van der Waals surface area contributed by atoms with Crippen LogP contribution >= 0.6 is 0 Å². The molecule has 0 radical (unpaired) electrons. The zero-order valence-electron chi connectivity index (χ0n) is 5.00. The van der Waals surface area contributed by atoms with Crippen LogP contribution in [0.4, 0.5) is 0 Å². The summed E-state index contributed by atoms with van der Waals surface area (Å²) in [4.78, 5) is 9.93. The van der Waals surface area contributed by atoms with E-state index in [0.717, 1.165) is 18.4 Å². The van der Waals surface area contributed by atoms with E-state index in [1.54, 1.807) is 6.08 Å². The van der Waals surface area contributed by atoms with E-state index in [-0.39, 0.29) is 0 Å². The zero-order valence-corrected chi connectivity index (χ0v) is 5.00. The summed E-state index contributed by atoms with van der Waals surface area (Å²) in [6.07, 6.45) is 6.97. The van der Waals surface area contributed by atoms with Gasteiger partial charge in [-0.25, -0.2) is 4.79 Å². The normalized spacial score (nSPS) is 17.1. The number of carbonyl (C=O) groups is 1. The quantitative estimate of drug-likeness (QED) is 0.564. The van der Waals surface area contributed by atoms with Gasteiger partial charge in [0.25, 0.3) is 0 Å². The van der Waals surface area contributed by atoms with E-state index in [9.17, 15) is 4.79 Å². The van der Waals surface area contributed by atoms with Crippen molar-refractivity contribution in [3.63, 3.8) is 0 Å². The Bertz CT molecular complexity index is 177. The number of rotatable bonds is 2. The fraction of sp³-hybridized carbons (Fsp3) is 0.286. The van der Waals surface area contributed by atoms with Gasteiger partial charge < -0.3 is 5.11 Å². The molecule has 0 bridgehead atoms. The van der Waals surface area contributed by atoms with Gasteiger partial charge in [-0.1, -0.05) is 17.7 Å². The van der Waals surface area contributed by atoms with Gasteiger partial charge in [-0.05, 0) is 12.8 Å². The van der Waals surface area contributed by atoms with Gasteiger partial charge in [0.05, 0.1) is 0 Å². The summed E-state index contributed by atoms with van der Waals surface area (Å²) < 4.78 is 0. The van der Waals surface area contributed by atoms with Gasteiger partial charge in [-0.2, -0.15) is 0 Å². The highest BCUT2D eigenvalue weighted by atomic mass is 16.4. The van der Waals surface area contributed by atoms with Crippen molar-refractivity contribution in [2.75, 3.05) is 0 Å². The monoisotopic (exact) mass is 124 g/mol. The second kappa shape index (κ2) is 2.49. The van der Waals surface area contributed by atoms with Crippen LogP contribution in [0.1, 0.15) is 12.8 Å². The average Bonchev–Trinajstić information content (AvgIpc) is 1.60. The molecule has 1 aliphatic rings. The first-order chi connectivity index (χ1) is 4.29. The van der Waals surface area contributed by atoms with Crippen molar-refractivity contribution in [1.29, 1.82) is 0 Å². The van der Waals surface area contributed by atoms with Crippen molar-refractivity contribution < 1.29 is 9.90 Å². The van der Waals surface area contributed by atoms with Crippen molar-refractivity contribution >= 4 is 5.97 Å². The number of hydrogen-bond donors (Lipinski definition) is 1. The van der Waals surface area contributed by atoms with Gasteiger partial charge >= 0.3 is 5.97 Å². The first kappa shape index (κ1) is 6.08. The lowest BCUT2D eigenvalue weighted by molar-refractivity contribution is -0.131. The molecule has 48 valence electrons. The molecule has 1 aliphatic carbocycles. The van der Waals surface area contributed by atoms with E-state index in [4.69, 9.17) is 5.11 Å². The van der Waals surface area contributed by atoms with Crippen LogP contribution in [0.3, 0.4) is 0 Å². The van der Waals surface area contributed by atoms with Crippen molar-refractivity contribution in [3.05, 3.63) is 23.8 Å². The lowest BCUT2D eigenvalue weighted by Crippen LogP contribution is -1.92. The van der Waals surface area contributed by atoms with E-state index < -0.39 is 5.97 Å². The SMILES string of the molecule is O=C(O)C=CC1=CCC1. The summed E-state index contributed by atoms with van der Waals surface area (Å²) in [5.74, 6) is -0.872. The highest BCUT2D eigenvalue weighted by Gasteiger charge is 2.00. The van der Waals surface area contributed by atoms with Crippen LogP contribution in [0.25, 0.3) is 0 Å². The number of carboxylic acid groups (broad SMARTS) is 1. The molecule has 0 saturated heterocycles. The first-order valence-electron chi connectivity index (χ1n) is 2.89. The second-order valence-electron chi connectivity index (χ2n) is 1.99. The Labute approximate surface area is 53.5 Å². The van der Waals surface area contributed by atoms with Crippen LogP contribution in [0.2, 0.25) is 0 Å². The summed E-state index contributed by atoms with van der Waals surface area (Å²) in [6.45, 7) is 0. The molecule has 0 unspecified atom stereocenters. The third-order valence-electron chi connectivity index (χ3n) is 1.28. The topological polar surface area (TPSA) is 37.3 Å². The molecule has 9 heavy (non-hydrogen) atoms. The third-order valence-corrected chi connectivity index (χ3v) is 1.28. The summed E-state index contributed by atoms with van der Waals surface area (Å²) in [7, 11) is 0. The minimum Gasteiger partial charge on any atom is -0.478 e. The smallest absolute Gasteiger partial charge is 0.328 e. The predicted molar refractivity (Wildman–Crippen MR) is 34.1 cm³/mol. The van der Waals surface area contributed by atoms with Gasteiger partial charge in [0.1, 0.15) is 0 Å². The Kier molecular flexibility index (Phi) is 1.68. The van der Waals surface area contributed by atoms with E-state index in [1.165, 1.54) is 6.08 Å². The van der Waals surface area contributed by atoms with E-state index in [1.807, 2.05) is 6.08 Å². The molecule has 2 nitrogen and oxygen atoms in total. The number of allylic oxidation sites excluding steroid dienone is 3. The number of carboxylic acids is 1. The molecule has 0 fully saturated rings. The molecule has 1 N–H and O–H groups in total. The molecule has 0 spiro atoms. The Morgan fingerprint density at radius 2 is 2.44 bits per heavy atom. The van der Waals surface area contributed by atoms with E-state index in [0.29, 0.717) is 0 Å². The molecule has 0 aromatic heterocycles. The van der Waals surface area contributed by atoms with Crippen LogP contribution in [0.15, 0.2) is 23.8 Å². The van der Waals surface area contributed by atoms with Gasteiger partial charge in [0, 0.05) is 6.08 Å². The highest BCUT2D eigenvalue weighted by Crippen LogP contribution is 2.18.